The van der Waals surface area contributed by atoms with Crippen LogP contribution < -0.4 is 19.7 Å². The molecule has 5 rings (SSSR count). The first-order valence-electron chi connectivity index (χ1n) is 12.3. The van der Waals surface area contributed by atoms with Gasteiger partial charge in [-0.2, -0.15) is 0 Å². The standard InChI is InChI=1S/C29H32N4O2/c1-34-24-9-6-21(7-10-24)12-14-30-29-31-15-13-27(32-29)23-18-22-8-11-25(35-2)20-26(22)28(19-23)33-16-4-3-5-17-33/h6-11,13,15,18-20H,3-5,12,14,16-17H2,1-2H3,(H,30,31,32). The molecule has 1 saturated heterocycles. The van der Waals surface area contributed by atoms with Crippen LogP contribution in [0, 0.1) is 0 Å². The molecule has 0 aliphatic carbocycles. The SMILES string of the molecule is COc1ccc(CCNc2nccc(-c3cc(N4CCCCC4)c4cc(OC)ccc4c3)n2)cc1. The summed E-state index contributed by atoms with van der Waals surface area (Å²) >= 11 is 0. The van der Waals surface area contributed by atoms with Gasteiger partial charge in [0.15, 0.2) is 0 Å². The second-order valence-electron chi connectivity index (χ2n) is 8.92. The van der Waals surface area contributed by atoms with Gasteiger partial charge in [-0.1, -0.05) is 18.2 Å². The van der Waals surface area contributed by atoms with Crippen molar-refractivity contribution in [1.82, 2.24) is 9.97 Å². The molecule has 0 spiro atoms. The van der Waals surface area contributed by atoms with Crippen molar-refractivity contribution < 1.29 is 9.47 Å². The van der Waals surface area contributed by atoms with Gasteiger partial charge in [0.1, 0.15) is 11.5 Å². The van der Waals surface area contributed by atoms with Gasteiger partial charge in [-0.15, -0.1) is 0 Å². The van der Waals surface area contributed by atoms with Crippen LogP contribution in [0.4, 0.5) is 11.6 Å². The number of methoxy groups -OCH3 is 2. The number of nitrogens with one attached hydrogen (secondary N) is 1. The highest BCUT2D eigenvalue weighted by atomic mass is 16.5. The van der Waals surface area contributed by atoms with E-state index in [0.29, 0.717) is 5.95 Å². The van der Waals surface area contributed by atoms with Crippen molar-refractivity contribution in [2.24, 2.45) is 0 Å². The van der Waals surface area contributed by atoms with Crippen LogP contribution in [0.1, 0.15) is 24.8 Å². The van der Waals surface area contributed by atoms with Crippen LogP contribution in [-0.2, 0) is 6.42 Å². The van der Waals surface area contributed by atoms with Gasteiger partial charge in [0, 0.05) is 42.5 Å². The molecule has 2 heterocycles. The number of piperidine rings is 1. The number of rotatable bonds is 8. The number of nitrogens with zero attached hydrogens (tertiary/aromatic N) is 3. The molecule has 1 N–H and O–H groups in total. The Morgan fingerprint density at radius 1 is 0.857 bits per heavy atom. The van der Waals surface area contributed by atoms with Crippen LogP contribution in [0.25, 0.3) is 22.0 Å². The van der Waals surface area contributed by atoms with E-state index in [2.05, 4.69) is 51.6 Å². The van der Waals surface area contributed by atoms with E-state index in [1.807, 2.05) is 30.5 Å². The number of anilines is 2. The summed E-state index contributed by atoms with van der Waals surface area (Å²) < 4.78 is 10.8. The zero-order chi connectivity index (χ0) is 24.0. The molecule has 1 aliphatic rings. The van der Waals surface area contributed by atoms with E-state index in [0.717, 1.165) is 48.8 Å². The zero-order valence-corrected chi connectivity index (χ0v) is 20.5. The first-order chi connectivity index (χ1) is 17.2. The van der Waals surface area contributed by atoms with Gasteiger partial charge in [0.25, 0.3) is 0 Å². The van der Waals surface area contributed by atoms with Crippen LogP contribution in [0.5, 0.6) is 11.5 Å². The van der Waals surface area contributed by atoms with Crippen molar-refractivity contribution in [1.29, 1.82) is 0 Å². The lowest BCUT2D eigenvalue weighted by molar-refractivity contribution is 0.414. The Morgan fingerprint density at radius 3 is 2.40 bits per heavy atom. The lowest BCUT2D eigenvalue weighted by Crippen LogP contribution is -2.29. The number of hydrogen-bond acceptors (Lipinski definition) is 6. The molecule has 0 bridgehead atoms. The van der Waals surface area contributed by atoms with Crippen LogP contribution in [0.15, 0.2) is 66.9 Å². The molecule has 1 fully saturated rings. The highest BCUT2D eigenvalue weighted by Gasteiger charge is 2.16. The Balaban J connectivity index is 1.39. The van der Waals surface area contributed by atoms with Crippen LogP contribution >= 0.6 is 0 Å². The molecule has 180 valence electrons. The Labute approximate surface area is 206 Å². The van der Waals surface area contributed by atoms with E-state index < -0.39 is 0 Å². The highest BCUT2D eigenvalue weighted by molar-refractivity contribution is 5.98. The summed E-state index contributed by atoms with van der Waals surface area (Å²) in [6.45, 7) is 2.92. The molecule has 0 radical (unpaired) electrons. The number of aromatic nitrogens is 2. The maximum Gasteiger partial charge on any atom is 0.223 e. The monoisotopic (exact) mass is 468 g/mol. The topological polar surface area (TPSA) is 59.5 Å². The van der Waals surface area contributed by atoms with E-state index in [1.165, 1.54) is 41.3 Å². The fourth-order valence-electron chi connectivity index (χ4n) is 4.70. The van der Waals surface area contributed by atoms with Gasteiger partial charge in [-0.25, -0.2) is 9.97 Å². The molecule has 35 heavy (non-hydrogen) atoms. The maximum atomic E-state index is 5.52. The fourth-order valence-corrected chi connectivity index (χ4v) is 4.70. The third kappa shape index (κ3) is 5.32. The van der Waals surface area contributed by atoms with E-state index in [4.69, 9.17) is 14.5 Å². The first kappa shape index (κ1) is 23.0. The Bertz CT molecular complexity index is 1280. The summed E-state index contributed by atoms with van der Waals surface area (Å²) in [4.78, 5) is 11.8. The van der Waals surface area contributed by atoms with Crippen molar-refractivity contribution in [2.75, 3.05) is 44.1 Å². The van der Waals surface area contributed by atoms with E-state index >= 15 is 0 Å². The third-order valence-electron chi connectivity index (χ3n) is 6.64. The van der Waals surface area contributed by atoms with E-state index in [9.17, 15) is 0 Å². The maximum absolute atomic E-state index is 5.52. The second kappa shape index (κ2) is 10.6. The third-order valence-corrected chi connectivity index (χ3v) is 6.64. The molecule has 6 heteroatoms. The minimum atomic E-state index is 0.644. The number of benzene rings is 3. The molecule has 0 saturated carbocycles. The van der Waals surface area contributed by atoms with Crippen molar-refractivity contribution in [3.05, 3.63) is 72.4 Å². The number of hydrogen-bond donors (Lipinski definition) is 1. The molecule has 0 atom stereocenters. The normalized spacial score (nSPS) is 13.6. The fraction of sp³-hybridized carbons (Fsp3) is 0.310. The molecule has 3 aromatic carbocycles. The first-order valence-corrected chi connectivity index (χ1v) is 12.3. The lowest BCUT2D eigenvalue weighted by atomic mass is 10.00. The molecule has 0 unspecified atom stereocenters. The summed E-state index contributed by atoms with van der Waals surface area (Å²) in [5, 5.41) is 5.80. The van der Waals surface area contributed by atoms with Crippen LogP contribution in [0.2, 0.25) is 0 Å². The van der Waals surface area contributed by atoms with Gasteiger partial charge in [0.05, 0.1) is 19.9 Å². The average molecular weight is 469 g/mol. The summed E-state index contributed by atoms with van der Waals surface area (Å²) in [6.07, 6.45) is 6.47. The predicted octanol–water partition coefficient (Wildman–Crippen LogP) is 5.96. The second-order valence-corrected chi connectivity index (χ2v) is 8.92. The molecular formula is C29H32N4O2. The smallest absolute Gasteiger partial charge is 0.223 e. The summed E-state index contributed by atoms with van der Waals surface area (Å²) in [5.41, 5.74) is 4.51. The average Bonchev–Trinajstić information content (AvgIpc) is 2.93. The quantitative estimate of drug-likeness (QED) is 0.344. The molecule has 1 aliphatic heterocycles. The molecular weight excluding hydrogens is 436 g/mol. The van der Waals surface area contributed by atoms with Crippen LogP contribution in [0.3, 0.4) is 0 Å². The lowest BCUT2D eigenvalue weighted by Gasteiger charge is -2.30. The summed E-state index contributed by atoms with van der Waals surface area (Å²) in [6, 6.07) is 20.9. The molecule has 4 aromatic rings. The largest absolute Gasteiger partial charge is 0.497 e. The van der Waals surface area contributed by atoms with Gasteiger partial charge < -0.3 is 19.7 Å². The van der Waals surface area contributed by atoms with Gasteiger partial charge in [-0.05, 0) is 79.1 Å². The Morgan fingerprint density at radius 2 is 1.63 bits per heavy atom. The number of ether oxygens (including phenoxy) is 2. The Kier molecular flexibility index (Phi) is 6.98. The van der Waals surface area contributed by atoms with Crippen molar-refractivity contribution in [3.63, 3.8) is 0 Å². The van der Waals surface area contributed by atoms with Crippen molar-refractivity contribution >= 4 is 22.4 Å². The summed E-state index contributed by atoms with van der Waals surface area (Å²) in [7, 11) is 3.41. The van der Waals surface area contributed by atoms with Crippen LogP contribution in [-0.4, -0.2) is 43.8 Å². The molecule has 6 nitrogen and oxygen atoms in total. The Hall–Kier alpha value is -3.80. The van der Waals surface area contributed by atoms with Gasteiger partial charge >= 0.3 is 0 Å². The predicted molar refractivity (Wildman–Crippen MR) is 143 cm³/mol. The minimum Gasteiger partial charge on any atom is -0.497 e. The molecule has 1 aromatic heterocycles. The number of fused-ring (bicyclic) bond motifs is 1. The van der Waals surface area contributed by atoms with Gasteiger partial charge in [0.2, 0.25) is 5.95 Å². The van der Waals surface area contributed by atoms with E-state index in [1.54, 1.807) is 14.2 Å². The van der Waals surface area contributed by atoms with Crippen molar-refractivity contribution in [2.45, 2.75) is 25.7 Å². The summed E-state index contributed by atoms with van der Waals surface area (Å²) in [5.74, 6) is 2.40. The van der Waals surface area contributed by atoms with E-state index in [-0.39, 0.29) is 0 Å². The molecule has 0 amide bonds. The highest BCUT2D eigenvalue weighted by Crippen LogP contribution is 2.36. The van der Waals surface area contributed by atoms with Gasteiger partial charge in [-0.3, -0.25) is 0 Å². The van der Waals surface area contributed by atoms with Crippen molar-refractivity contribution in [3.8, 4) is 22.8 Å². The zero-order valence-electron chi connectivity index (χ0n) is 20.5. The minimum absolute atomic E-state index is 0.644.